The van der Waals surface area contributed by atoms with Gasteiger partial charge >= 0.3 is 0 Å². The van der Waals surface area contributed by atoms with Crippen molar-refractivity contribution in [3.63, 3.8) is 0 Å². The van der Waals surface area contributed by atoms with Gasteiger partial charge in [-0.25, -0.2) is 4.85 Å². The second-order valence-electron chi connectivity index (χ2n) is 2.19. The Balaban J connectivity index is 3.40. The Hall–Kier alpha value is -0.330. The molecule has 0 amide bonds. The number of rotatable bonds is 0. The van der Waals surface area contributed by atoms with Crippen LogP contribution in [0.2, 0.25) is 0 Å². The summed E-state index contributed by atoms with van der Waals surface area (Å²) in [6.45, 7) is 8.85. The Labute approximate surface area is 82.5 Å². The Morgan fingerprint density at radius 3 is 2.09 bits per heavy atom. The maximum Gasteiger partial charge on any atom is 0.214 e. The van der Waals surface area contributed by atoms with Gasteiger partial charge in [-0.2, -0.15) is 0 Å². The lowest BCUT2D eigenvalue weighted by molar-refractivity contribution is 1.44. The van der Waals surface area contributed by atoms with Gasteiger partial charge in [-0.3, -0.25) is 0 Å². The largest absolute Gasteiger partial charge is 0.236 e. The molecule has 11 heavy (non-hydrogen) atoms. The average molecular weight is 275 g/mol. The van der Waals surface area contributed by atoms with Crippen LogP contribution in [0.3, 0.4) is 0 Å². The molecule has 3 heteroatoms. The Morgan fingerprint density at radius 1 is 1.27 bits per heavy atom. The van der Waals surface area contributed by atoms with E-state index in [1.165, 1.54) is 0 Å². The Kier molecular flexibility index (Phi) is 2.69. The first-order valence-electron chi connectivity index (χ1n) is 2.98. The molecule has 1 nitrogen and oxygen atoms in total. The van der Waals surface area contributed by atoms with Crippen LogP contribution in [0.25, 0.3) is 4.85 Å². The van der Waals surface area contributed by atoms with Gasteiger partial charge in [0.25, 0.3) is 0 Å². The van der Waals surface area contributed by atoms with Gasteiger partial charge in [-0.1, -0.05) is 49.6 Å². The standard InChI is InChI=1S/C8H5Br2N/c1-5-3-6(9)8(11-2)7(10)4-5/h3-4H,1H3. The molecule has 0 aliphatic rings. The van der Waals surface area contributed by atoms with Gasteiger partial charge in [-0.05, 0) is 6.92 Å². The van der Waals surface area contributed by atoms with Crippen LogP contribution in [0.5, 0.6) is 0 Å². The molecule has 1 aromatic carbocycles. The first-order valence-corrected chi connectivity index (χ1v) is 4.57. The molecule has 0 atom stereocenters. The fourth-order valence-electron chi connectivity index (χ4n) is 0.799. The van der Waals surface area contributed by atoms with Crippen molar-refractivity contribution in [2.24, 2.45) is 0 Å². The summed E-state index contributed by atoms with van der Waals surface area (Å²) in [4.78, 5) is 3.37. The third kappa shape index (κ3) is 1.82. The van der Waals surface area contributed by atoms with Crippen molar-refractivity contribution < 1.29 is 0 Å². The molecular weight excluding hydrogens is 270 g/mol. The van der Waals surface area contributed by atoms with E-state index in [1.54, 1.807) is 0 Å². The summed E-state index contributed by atoms with van der Waals surface area (Å²) in [5.41, 5.74) is 1.77. The summed E-state index contributed by atoms with van der Waals surface area (Å²) >= 11 is 6.63. The summed E-state index contributed by atoms with van der Waals surface area (Å²) in [7, 11) is 0. The van der Waals surface area contributed by atoms with E-state index in [2.05, 4.69) is 36.7 Å². The summed E-state index contributed by atoms with van der Waals surface area (Å²) in [5, 5.41) is 0. The molecule has 0 N–H and O–H groups in total. The van der Waals surface area contributed by atoms with Gasteiger partial charge in [0.2, 0.25) is 5.69 Å². The van der Waals surface area contributed by atoms with E-state index >= 15 is 0 Å². The zero-order valence-corrected chi connectivity index (χ0v) is 9.03. The molecular formula is C8H5Br2N. The third-order valence-electron chi connectivity index (χ3n) is 1.27. The minimum Gasteiger partial charge on any atom is -0.236 e. The zero-order chi connectivity index (χ0) is 8.43. The molecule has 0 saturated carbocycles. The highest BCUT2D eigenvalue weighted by atomic mass is 79.9. The van der Waals surface area contributed by atoms with E-state index in [9.17, 15) is 0 Å². The van der Waals surface area contributed by atoms with E-state index in [4.69, 9.17) is 6.57 Å². The van der Waals surface area contributed by atoms with Crippen LogP contribution in [-0.2, 0) is 0 Å². The van der Waals surface area contributed by atoms with Crippen LogP contribution in [0.4, 0.5) is 5.69 Å². The van der Waals surface area contributed by atoms with Gasteiger partial charge in [0.05, 0.1) is 6.57 Å². The second-order valence-corrected chi connectivity index (χ2v) is 3.90. The van der Waals surface area contributed by atoms with E-state index in [-0.39, 0.29) is 0 Å². The molecule has 0 unspecified atom stereocenters. The topological polar surface area (TPSA) is 4.36 Å². The molecule has 0 aliphatic heterocycles. The van der Waals surface area contributed by atoms with Gasteiger partial charge in [0, 0.05) is 8.95 Å². The molecule has 0 fully saturated rings. The van der Waals surface area contributed by atoms with Crippen molar-refractivity contribution in [2.45, 2.75) is 6.92 Å². The second kappa shape index (κ2) is 3.38. The fraction of sp³-hybridized carbons (Fsp3) is 0.125. The van der Waals surface area contributed by atoms with Crippen molar-refractivity contribution in [3.8, 4) is 0 Å². The molecule has 0 heterocycles. The fourth-order valence-corrected chi connectivity index (χ4v) is 2.39. The SMILES string of the molecule is [C-]#[N+]c1c(Br)cc(C)cc1Br. The van der Waals surface area contributed by atoms with Crippen molar-refractivity contribution >= 4 is 37.5 Å². The van der Waals surface area contributed by atoms with Gasteiger partial charge in [0.1, 0.15) is 0 Å². The minimum atomic E-state index is 0.635. The van der Waals surface area contributed by atoms with Gasteiger partial charge < -0.3 is 0 Å². The lowest BCUT2D eigenvalue weighted by Gasteiger charge is -1.99. The highest BCUT2D eigenvalue weighted by molar-refractivity contribution is 9.11. The number of benzene rings is 1. The van der Waals surface area contributed by atoms with Crippen LogP contribution < -0.4 is 0 Å². The van der Waals surface area contributed by atoms with Crippen LogP contribution in [0.15, 0.2) is 21.1 Å². The molecule has 0 bridgehead atoms. The van der Waals surface area contributed by atoms with E-state index in [1.807, 2.05) is 19.1 Å². The van der Waals surface area contributed by atoms with Crippen molar-refractivity contribution in [2.75, 3.05) is 0 Å². The average Bonchev–Trinajstić information content (AvgIpc) is 1.85. The van der Waals surface area contributed by atoms with Crippen LogP contribution >= 0.6 is 31.9 Å². The monoisotopic (exact) mass is 273 g/mol. The van der Waals surface area contributed by atoms with Crippen molar-refractivity contribution in [1.29, 1.82) is 0 Å². The summed E-state index contributed by atoms with van der Waals surface area (Å²) in [5.74, 6) is 0. The summed E-state index contributed by atoms with van der Waals surface area (Å²) in [6, 6.07) is 3.86. The molecule has 0 spiro atoms. The maximum atomic E-state index is 6.86. The third-order valence-corrected chi connectivity index (χ3v) is 2.48. The molecule has 0 radical (unpaired) electrons. The van der Waals surface area contributed by atoms with Gasteiger partial charge in [0.15, 0.2) is 0 Å². The lowest BCUT2D eigenvalue weighted by atomic mass is 10.2. The van der Waals surface area contributed by atoms with Crippen molar-refractivity contribution in [1.82, 2.24) is 0 Å². The molecule has 0 aliphatic carbocycles. The van der Waals surface area contributed by atoms with E-state index < -0.39 is 0 Å². The van der Waals surface area contributed by atoms with Gasteiger partial charge in [-0.15, -0.1) is 0 Å². The Bertz CT molecular complexity index is 302. The highest BCUT2D eigenvalue weighted by Gasteiger charge is 2.04. The van der Waals surface area contributed by atoms with E-state index in [0.717, 1.165) is 14.5 Å². The first-order chi connectivity index (χ1) is 5.15. The van der Waals surface area contributed by atoms with Crippen molar-refractivity contribution in [3.05, 3.63) is 38.1 Å². The number of hydrogen-bond donors (Lipinski definition) is 0. The Morgan fingerprint density at radius 2 is 1.73 bits per heavy atom. The zero-order valence-electron chi connectivity index (χ0n) is 5.86. The minimum absolute atomic E-state index is 0.635. The normalized spacial score (nSPS) is 9.27. The summed E-state index contributed by atoms with van der Waals surface area (Å²) in [6.07, 6.45) is 0. The molecule has 1 rings (SSSR count). The van der Waals surface area contributed by atoms with E-state index in [0.29, 0.717) is 5.69 Å². The van der Waals surface area contributed by atoms with Crippen LogP contribution in [0, 0.1) is 13.5 Å². The first kappa shape index (κ1) is 8.76. The number of nitrogens with zero attached hydrogens (tertiary/aromatic N) is 1. The summed E-state index contributed by atoms with van der Waals surface area (Å²) < 4.78 is 1.69. The van der Waals surface area contributed by atoms with Crippen LogP contribution in [-0.4, -0.2) is 0 Å². The molecule has 1 aromatic rings. The lowest BCUT2D eigenvalue weighted by Crippen LogP contribution is -1.74. The molecule has 0 saturated heterocycles. The number of aryl methyl sites for hydroxylation is 1. The predicted octanol–water partition coefficient (Wildman–Crippen LogP) is 4.07. The van der Waals surface area contributed by atoms with Crippen LogP contribution in [0.1, 0.15) is 5.56 Å². The smallest absolute Gasteiger partial charge is 0.214 e. The quantitative estimate of drug-likeness (QED) is 0.628. The molecule has 0 aromatic heterocycles. The number of hydrogen-bond acceptors (Lipinski definition) is 0. The maximum absolute atomic E-state index is 6.86. The highest BCUT2D eigenvalue weighted by Crippen LogP contribution is 2.34. The predicted molar refractivity (Wildman–Crippen MR) is 52.8 cm³/mol. The number of halogens is 2. The molecule has 56 valence electrons.